The van der Waals surface area contributed by atoms with Crippen LogP contribution in [0.4, 0.5) is 5.13 Å². The molecule has 1 amide bonds. The second-order valence-corrected chi connectivity index (χ2v) is 4.13. The van der Waals surface area contributed by atoms with E-state index in [2.05, 4.69) is 10.3 Å². The van der Waals surface area contributed by atoms with Crippen LogP contribution in [0, 0.1) is 0 Å². The molecule has 8 heteroatoms. The zero-order valence-electron chi connectivity index (χ0n) is 10.0. The Hall–Kier alpha value is -2.22. The summed E-state index contributed by atoms with van der Waals surface area (Å²) in [5.74, 6) is -2.50. The number of carbonyl (C=O) groups is 3. The molecule has 1 heterocycles. The quantitative estimate of drug-likeness (QED) is 0.556. The van der Waals surface area contributed by atoms with E-state index in [0.717, 1.165) is 17.4 Å². The third kappa shape index (κ3) is 5.77. The first-order valence-corrected chi connectivity index (χ1v) is 6.19. The van der Waals surface area contributed by atoms with Crippen LogP contribution in [-0.2, 0) is 25.5 Å². The summed E-state index contributed by atoms with van der Waals surface area (Å²) in [5.41, 5.74) is 0.475. The summed E-state index contributed by atoms with van der Waals surface area (Å²) < 4.78 is 4.76. The second kappa shape index (κ2) is 7.27. The van der Waals surface area contributed by atoms with Crippen molar-refractivity contribution in [3.05, 3.63) is 23.2 Å². The monoisotopic (exact) mass is 283 g/mol. The van der Waals surface area contributed by atoms with Crippen molar-refractivity contribution in [2.45, 2.75) is 13.3 Å². The van der Waals surface area contributed by atoms with E-state index in [4.69, 9.17) is 4.74 Å². The molecule has 0 fully saturated rings. The highest BCUT2D eigenvalue weighted by atomic mass is 32.1. The van der Waals surface area contributed by atoms with Crippen molar-refractivity contribution in [3.63, 3.8) is 0 Å². The minimum Gasteiger partial charge on any atom is -0.545 e. The predicted octanol–water partition coefficient (Wildman–Crippen LogP) is -0.507. The van der Waals surface area contributed by atoms with Crippen molar-refractivity contribution >= 4 is 34.3 Å². The molecule has 1 aromatic rings. The summed E-state index contributed by atoms with van der Waals surface area (Å²) in [4.78, 5) is 36.5. The fourth-order valence-electron chi connectivity index (χ4n) is 1.10. The molecular formula is C11H11N2O5S-. The summed E-state index contributed by atoms with van der Waals surface area (Å²) >= 11 is 1.12. The van der Waals surface area contributed by atoms with Gasteiger partial charge in [0.1, 0.15) is 0 Å². The third-order valence-electron chi connectivity index (χ3n) is 1.78. The number of amides is 1. The van der Waals surface area contributed by atoms with Gasteiger partial charge in [-0.15, -0.1) is 11.3 Å². The maximum Gasteiger partial charge on any atom is 0.311 e. The number of aromatic nitrogens is 1. The van der Waals surface area contributed by atoms with Crippen LogP contribution in [0.5, 0.6) is 0 Å². The van der Waals surface area contributed by atoms with Crippen molar-refractivity contribution in [2.75, 3.05) is 11.9 Å². The molecule has 1 N–H and O–H groups in total. The first-order valence-electron chi connectivity index (χ1n) is 5.31. The number of carboxylic acids is 1. The van der Waals surface area contributed by atoms with Gasteiger partial charge in [-0.2, -0.15) is 0 Å². The standard InChI is InChI=1S/C11H12N2O5S/c1-2-18-10(17)5-7-6-19-11(12-7)13-8(14)3-4-9(15)16/h3-4,6H,2,5H2,1H3,(H,15,16)(H,12,13,14)/p-1. The lowest BCUT2D eigenvalue weighted by Gasteiger charge is -1.98. The zero-order chi connectivity index (χ0) is 14.3. The van der Waals surface area contributed by atoms with E-state index in [-0.39, 0.29) is 11.6 Å². The lowest BCUT2D eigenvalue weighted by molar-refractivity contribution is -0.297. The highest BCUT2D eigenvalue weighted by Crippen LogP contribution is 2.16. The van der Waals surface area contributed by atoms with Gasteiger partial charge in [0.05, 0.1) is 24.7 Å². The normalized spacial score (nSPS) is 10.4. The van der Waals surface area contributed by atoms with E-state index < -0.39 is 17.8 Å². The Labute approximate surface area is 112 Å². The van der Waals surface area contributed by atoms with Gasteiger partial charge in [-0.05, 0) is 13.0 Å². The Kier molecular flexibility index (Phi) is 5.68. The molecule has 0 bridgehead atoms. The summed E-state index contributed by atoms with van der Waals surface area (Å²) in [6.45, 7) is 1.99. The molecule has 0 aromatic carbocycles. The number of esters is 1. The molecule has 0 aliphatic rings. The molecule has 1 rings (SSSR count). The fraction of sp³-hybridized carbons (Fsp3) is 0.273. The number of thiazole rings is 1. The van der Waals surface area contributed by atoms with Crippen LogP contribution in [0.25, 0.3) is 0 Å². The molecular weight excluding hydrogens is 272 g/mol. The summed E-state index contributed by atoms with van der Waals surface area (Å²) in [7, 11) is 0. The Morgan fingerprint density at radius 1 is 1.47 bits per heavy atom. The number of ether oxygens (including phenoxy) is 1. The Balaban J connectivity index is 2.53. The number of aliphatic carboxylic acids is 1. The van der Waals surface area contributed by atoms with Crippen LogP contribution in [0.3, 0.4) is 0 Å². The van der Waals surface area contributed by atoms with E-state index in [1.807, 2.05) is 0 Å². The van der Waals surface area contributed by atoms with Crippen LogP contribution in [-0.4, -0.2) is 29.4 Å². The van der Waals surface area contributed by atoms with Crippen LogP contribution in [0.2, 0.25) is 0 Å². The minimum absolute atomic E-state index is 0.0229. The maximum atomic E-state index is 11.2. The first-order chi connectivity index (χ1) is 9.01. The van der Waals surface area contributed by atoms with E-state index in [9.17, 15) is 19.5 Å². The molecule has 0 spiro atoms. The number of nitrogens with one attached hydrogen (secondary N) is 1. The second-order valence-electron chi connectivity index (χ2n) is 3.27. The van der Waals surface area contributed by atoms with Gasteiger partial charge in [-0.25, -0.2) is 4.98 Å². The van der Waals surface area contributed by atoms with E-state index >= 15 is 0 Å². The zero-order valence-corrected chi connectivity index (χ0v) is 10.9. The van der Waals surface area contributed by atoms with Crippen LogP contribution < -0.4 is 10.4 Å². The first kappa shape index (κ1) is 14.8. The average molecular weight is 283 g/mol. The van der Waals surface area contributed by atoms with Gasteiger partial charge in [0, 0.05) is 11.5 Å². The Morgan fingerprint density at radius 3 is 2.84 bits per heavy atom. The molecule has 0 aliphatic heterocycles. The minimum atomic E-state index is -1.46. The molecule has 19 heavy (non-hydrogen) atoms. The number of carbonyl (C=O) groups excluding carboxylic acids is 3. The van der Waals surface area contributed by atoms with Gasteiger partial charge in [0.25, 0.3) is 0 Å². The molecule has 7 nitrogen and oxygen atoms in total. The molecule has 0 aliphatic carbocycles. The summed E-state index contributed by atoms with van der Waals surface area (Å²) in [5, 5.41) is 14.3. The van der Waals surface area contributed by atoms with Crippen molar-refractivity contribution < 1.29 is 24.2 Å². The molecule has 0 unspecified atom stereocenters. The number of hydrogen-bond donors (Lipinski definition) is 1. The third-order valence-corrected chi connectivity index (χ3v) is 2.59. The Morgan fingerprint density at radius 2 is 2.21 bits per heavy atom. The van der Waals surface area contributed by atoms with Gasteiger partial charge in [-0.1, -0.05) is 0 Å². The SMILES string of the molecule is CCOC(=O)Cc1csc(NC(=O)C=CC(=O)[O-])n1. The van der Waals surface area contributed by atoms with Crippen molar-refractivity contribution in [1.82, 2.24) is 4.98 Å². The molecule has 0 saturated carbocycles. The largest absolute Gasteiger partial charge is 0.545 e. The van der Waals surface area contributed by atoms with Crippen LogP contribution in [0.15, 0.2) is 17.5 Å². The molecule has 1 aromatic heterocycles. The van der Waals surface area contributed by atoms with E-state index in [0.29, 0.717) is 18.4 Å². The van der Waals surface area contributed by atoms with E-state index in [1.165, 1.54) is 0 Å². The number of hydrogen-bond acceptors (Lipinski definition) is 7. The number of carboxylic acid groups (broad SMARTS) is 1. The molecule has 0 saturated heterocycles. The van der Waals surface area contributed by atoms with Crippen molar-refractivity contribution in [2.24, 2.45) is 0 Å². The van der Waals surface area contributed by atoms with Gasteiger partial charge in [0.15, 0.2) is 5.13 Å². The summed E-state index contributed by atoms with van der Waals surface area (Å²) in [6.07, 6.45) is 1.46. The smallest absolute Gasteiger partial charge is 0.311 e. The lowest BCUT2D eigenvalue weighted by Crippen LogP contribution is -2.20. The average Bonchev–Trinajstić information content (AvgIpc) is 2.74. The summed E-state index contributed by atoms with van der Waals surface area (Å²) in [6, 6.07) is 0. The Bertz CT molecular complexity index is 509. The van der Waals surface area contributed by atoms with Gasteiger partial charge in [0.2, 0.25) is 5.91 Å². The number of rotatable bonds is 6. The van der Waals surface area contributed by atoms with Crippen LogP contribution >= 0.6 is 11.3 Å². The molecule has 102 valence electrons. The van der Waals surface area contributed by atoms with Crippen LogP contribution in [0.1, 0.15) is 12.6 Å². The highest BCUT2D eigenvalue weighted by Gasteiger charge is 2.09. The van der Waals surface area contributed by atoms with E-state index in [1.54, 1.807) is 12.3 Å². The van der Waals surface area contributed by atoms with Gasteiger partial charge < -0.3 is 14.6 Å². The van der Waals surface area contributed by atoms with Gasteiger partial charge in [-0.3, -0.25) is 14.9 Å². The fourth-order valence-corrected chi connectivity index (χ4v) is 1.81. The molecule has 0 atom stereocenters. The number of anilines is 1. The topological polar surface area (TPSA) is 108 Å². The predicted molar refractivity (Wildman–Crippen MR) is 65.2 cm³/mol. The lowest BCUT2D eigenvalue weighted by atomic mass is 10.3. The maximum absolute atomic E-state index is 11.2. The number of nitrogens with zero attached hydrogens (tertiary/aromatic N) is 1. The van der Waals surface area contributed by atoms with Gasteiger partial charge >= 0.3 is 5.97 Å². The van der Waals surface area contributed by atoms with Crippen molar-refractivity contribution in [1.29, 1.82) is 0 Å². The highest BCUT2D eigenvalue weighted by molar-refractivity contribution is 7.14. The van der Waals surface area contributed by atoms with Crippen molar-refractivity contribution in [3.8, 4) is 0 Å². The molecule has 0 radical (unpaired) electrons.